The van der Waals surface area contributed by atoms with Crippen LogP contribution in [-0.2, 0) is 16.0 Å². The molecule has 0 spiro atoms. The van der Waals surface area contributed by atoms with Crippen molar-refractivity contribution in [3.05, 3.63) is 52.1 Å². The minimum Gasteiger partial charge on any atom is -0.242 e. The molecule has 1 aromatic carbocycles. The fourth-order valence-electron chi connectivity index (χ4n) is 1.50. The molecule has 1 heterocycles. The molecule has 0 amide bonds. The van der Waals surface area contributed by atoms with E-state index in [-0.39, 0.29) is 4.90 Å². The van der Waals surface area contributed by atoms with E-state index in [2.05, 4.69) is 4.98 Å². The summed E-state index contributed by atoms with van der Waals surface area (Å²) >= 11 is 11.3. The molecular weight excluding hydrogens is 350 g/mol. The molecule has 2 aromatic rings. The van der Waals surface area contributed by atoms with E-state index in [0.717, 1.165) is 0 Å². The Kier molecular flexibility index (Phi) is 4.19. The summed E-state index contributed by atoms with van der Waals surface area (Å²) < 4.78 is 62.0. The van der Waals surface area contributed by atoms with Crippen LogP contribution >= 0.6 is 23.2 Å². The van der Waals surface area contributed by atoms with Crippen molar-refractivity contribution in [2.24, 2.45) is 0 Å². The van der Waals surface area contributed by atoms with E-state index in [9.17, 15) is 21.6 Å². The first kappa shape index (κ1) is 16.1. The lowest BCUT2D eigenvalue weighted by Gasteiger charge is -2.09. The van der Waals surface area contributed by atoms with E-state index in [1.807, 2.05) is 0 Å². The molecule has 0 unspecified atom stereocenters. The van der Waals surface area contributed by atoms with E-state index in [4.69, 9.17) is 23.2 Å². The highest BCUT2D eigenvalue weighted by Gasteiger charge is 2.33. The van der Waals surface area contributed by atoms with Crippen LogP contribution in [0.3, 0.4) is 0 Å². The highest BCUT2D eigenvalue weighted by molar-refractivity contribution is 7.91. The van der Waals surface area contributed by atoms with Gasteiger partial charge in [-0.05, 0) is 30.3 Å². The van der Waals surface area contributed by atoms with Gasteiger partial charge in [0.1, 0.15) is 0 Å². The topological polar surface area (TPSA) is 47.0 Å². The molecular formula is C12H6Cl2F3NO2S. The summed E-state index contributed by atoms with van der Waals surface area (Å²) in [6.07, 6.45) is -4.23. The molecule has 0 fully saturated rings. The Bertz CT molecular complexity index is 774. The number of pyridine rings is 1. The van der Waals surface area contributed by atoms with Gasteiger partial charge in [0.15, 0.2) is 5.03 Å². The van der Waals surface area contributed by atoms with Crippen molar-refractivity contribution in [3.8, 4) is 0 Å². The summed E-state index contributed by atoms with van der Waals surface area (Å²) in [5.41, 5.74) is -1.12. The summed E-state index contributed by atoms with van der Waals surface area (Å²) in [6.45, 7) is 0. The molecule has 0 atom stereocenters. The van der Waals surface area contributed by atoms with Crippen LogP contribution in [0.5, 0.6) is 0 Å². The SMILES string of the molecule is O=S(=O)(c1ccc(Cl)cc1)c1ncc(C(F)(F)F)cc1Cl. The largest absolute Gasteiger partial charge is 0.417 e. The maximum atomic E-state index is 12.5. The van der Waals surface area contributed by atoms with Crippen LogP contribution < -0.4 is 0 Å². The van der Waals surface area contributed by atoms with Gasteiger partial charge in [0.05, 0.1) is 15.5 Å². The first-order valence-corrected chi connectivity index (χ1v) is 7.59. The Morgan fingerprint density at radius 3 is 2.10 bits per heavy atom. The molecule has 112 valence electrons. The molecule has 0 aliphatic carbocycles. The van der Waals surface area contributed by atoms with Gasteiger partial charge in [0, 0.05) is 11.2 Å². The number of rotatable bonds is 2. The van der Waals surface area contributed by atoms with Crippen molar-refractivity contribution in [1.82, 2.24) is 4.98 Å². The molecule has 2 rings (SSSR count). The third-order valence-corrected chi connectivity index (χ3v) is 4.89. The summed E-state index contributed by atoms with van der Waals surface area (Å²) in [5, 5.41) is -0.917. The molecule has 0 saturated carbocycles. The predicted octanol–water partition coefficient (Wildman–Crippen LogP) is 4.24. The quantitative estimate of drug-likeness (QED) is 0.809. The number of hydrogen-bond acceptors (Lipinski definition) is 3. The molecule has 0 aliphatic rings. The van der Waals surface area contributed by atoms with E-state index in [0.29, 0.717) is 17.3 Å². The lowest BCUT2D eigenvalue weighted by molar-refractivity contribution is -0.137. The van der Waals surface area contributed by atoms with Crippen molar-refractivity contribution in [2.45, 2.75) is 16.1 Å². The van der Waals surface area contributed by atoms with Crippen LogP contribution in [0.15, 0.2) is 46.5 Å². The number of hydrogen-bond donors (Lipinski definition) is 0. The summed E-state index contributed by atoms with van der Waals surface area (Å²) in [4.78, 5) is 3.18. The third kappa shape index (κ3) is 3.30. The van der Waals surface area contributed by atoms with Crippen LogP contribution in [0.25, 0.3) is 0 Å². The second-order valence-electron chi connectivity index (χ2n) is 3.97. The number of benzene rings is 1. The Labute approximate surface area is 128 Å². The van der Waals surface area contributed by atoms with Gasteiger partial charge in [0.25, 0.3) is 0 Å². The van der Waals surface area contributed by atoms with Gasteiger partial charge >= 0.3 is 6.18 Å². The monoisotopic (exact) mass is 355 g/mol. The average molecular weight is 356 g/mol. The van der Waals surface area contributed by atoms with Crippen LogP contribution in [-0.4, -0.2) is 13.4 Å². The lowest BCUT2D eigenvalue weighted by Crippen LogP contribution is -2.10. The molecule has 0 saturated heterocycles. The Hall–Kier alpha value is -1.31. The fourth-order valence-corrected chi connectivity index (χ4v) is 3.33. The van der Waals surface area contributed by atoms with Crippen LogP contribution in [0.4, 0.5) is 13.2 Å². The number of halogens is 5. The van der Waals surface area contributed by atoms with E-state index in [1.54, 1.807) is 0 Å². The molecule has 3 nitrogen and oxygen atoms in total. The number of alkyl halides is 3. The van der Waals surface area contributed by atoms with Gasteiger partial charge in [-0.3, -0.25) is 0 Å². The molecule has 9 heteroatoms. The van der Waals surface area contributed by atoms with Crippen molar-refractivity contribution in [3.63, 3.8) is 0 Å². The van der Waals surface area contributed by atoms with E-state index in [1.165, 1.54) is 24.3 Å². The zero-order chi connectivity index (χ0) is 15.8. The standard InChI is InChI=1S/C12H6Cl2F3NO2S/c13-8-1-3-9(4-2-8)21(19,20)11-10(14)5-7(6-18-11)12(15,16)17/h1-6H. The predicted molar refractivity (Wildman–Crippen MR) is 71.2 cm³/mol. The summed E-state index contributed by atoms with van der Waals surface area (Å²) in [5.74, 6) is 0. The van der Waals surface area contributed by atoms with E-state index < -0.39 is 31.6 Å². The maximum Gasteiger partial charge on any atom is 0.417 e. The fraction of sp³-hybridized carbons (Fsp3) is 0.0833. The Morgan fingerprint density at radius 1 is 1.05 bits per heavy atom. The van der Waals surface area contributed by atoms with Crippen LogP contribution in [0.1, 0.15) is 5.56 Å². The van der Waals surface area contributed by atoms with Crippen molar-refractivity contribution >= 4 is 33.0 Å². The summed E-state index contributed by atoms with van der Waals surface area (Å²) in [6, 6.07) is 5.64. The third-order valence-electron chi connectivity index (χ3n) is 2.51. The minimum absolute atomic E-state index is 0.166. The Morgan fingerprint density at radius 2 is 1.62 bits per heavy atom. The number of nitrogens with zero attached hydrogens (tertiary/aromatic N) is 1. The van der Waals surface area contributed by atoms with Gasteiger partial charge in [0.2, 0.25) is 9.84 Å². The second-order valence-corrected chi connectivity index (χ2v) is 6.67. The number of sulfone groups is 1. The molecule has 0 bridgehead atoms. The normalized spacial score (nSPS) is 12.4. The van der Waals surface area contributed by atoms with E-state index >= 15 is 0 Å². The van der Waals surface area contributed by atoms with Crippen LogP contribution in [0.2, 0.25) is 10.0 Å². The molecule has 1 aromatic heterocycles. The minimum atomic E-state index is -4.65. The Balaban J connectivity index is 2.53. The zero-order valence-electron chi connectivity index (χ0n) is 10.0. The second kappa shape index (κ2) is 5.47. The van der Waals surface area contributed by atoms with Crippen molar-refractivity contribution in [2.75, 3.05) is 0 Å². The van der Waals surface area contributed by atoms with Gasteiger partial charge in [-0.2, -0.15) is 13.2 Å². The van der Waals surface area contributed by atoms with Crippen LogP contribution in [0, 0.1) is 0 Å². The molecule has 0 N–H and O–H groups in total. The van der Waals surface area contributed by atoms with Gasteiger partial charge in [-0.25, -0.2) is 13.4 Å². The first-order chi connectivity index (χ1) is 9.62. The van der Waals surface area contributed by atoms with Crippen molar-refractivity contribution in [1.29, 1.82) is 0 Å². The van der Waals surface area contributed by atoms with Crippen molar-refractivity contribution < 1.29 is 21.6 Å². The zero-order valence-corrected chi connectivity index (χ0v) is 12.4. The highest BCUT2D eigenvalue weighted by Crippen LogP contribution is 2.33. The lowest BCUT2D eigenvalue weighted by atomic mass is 10.3. The maximum absolute atomic E-state index is 12.5. The van der Waals surface area contributed by atoms with Gasteiger partial charge in [-0.1, -0.05) is 23.2 Å². The molecule has 0 aliphatic heterocycles. The first-order valence-electron chi connectivity index (χ1n) is 5.36. The molecule has 21 heavy (non-hydrogen) atoms. The summed E-state index contributed by atoms with van der Waals surface area (Å²) in [7, 11) is -4.12. The average Bonchev–Trinajstić information content (AvgIpc) is 2.37. The smallest absolute Gasteiger partial charge is 0.242 e. The highest BCUT2D eigenvalue weighted by atomic mass is 35.5. The number of aromatic nitrogens is 1. The molecule has 0 radical (unpaired) electrons. The van der Waals surface area contributed by atoms with Gasteiger partial charge in [-0.15, -0.1) is 0 Å². The van der Waals surface area contributed by atoms with Gasteiger partial charge < -0.3 is 0 Å².